The number of fused-ring (bicyclic) bond motifs is 1. The largest absolute Gasteiger partial charge is 0.356 e. The van der Waals surface area contributed by atoms with E-state index in [-0.39, 0.29) is 24.0 Å². The summed E-state index contributed by atoms with van der Waals surface area (Å²) in [5.41, 5.74) is 3.14. The third-order valence-corrected chi connectivity index (χ3v) is 4.92. The molecule has 0 aliphatic rings. The van der Waals surface area contributed by atoms with Crippen LogP contribution in [0.15, 0.2) is 42.5 Å². The molecule has 0 spiro atoms. The summed E-state index contributed by atoms with van der Waals surface area (Å²) in [6, 6.07) is 10.6. The number of nitrogens with zero attached hydrogens (tertiary/aromatic N) is 2. The number of amides is 1. The fourth-order valence-corrected chi connectivity index (χ4v) is 3.48. The van der Waals surface area contributed by atoms with E-state index in [1.807, 2.05) is 6.92 Å². The highest BCUT2D eigenvalue weighted by Crippen LogP contribution is 2.32. The predicted molar refractivity (Wildman–Crippen MR) is 110 cm³/mol. The molecule has 6 nitrogen and oxygen atoms in total. The highest BCUT2D eigenvalue weighted by molar-refractivity contribution is 5.91. The van der Waals surface area contributed by atoms with Gasteiger partial charge >= 0.3 is 0 Å². The number of carbonyl (C=O) groups is 1. The molecule has 4 aromatic rings. The van der Waals surface area contributed by atoms with Crippen LogP contribution in [0.3, 0.4) is 0 Å². The van der Waals surface area contributed by atoms with Gasteiger partial charge in [0, 0.05) is 36.0 Å². The SMILES string of the molecule is Cc1nc(CCNC(=O)CCc2c(-c3ccc(F)cc3)[nH]c3ccc(F)cc23)n[nH]1. The second-order valence-corrected chi connectivity index (χ2v) is 7.11. The van der Waals surface area contributed by atoms with E-state index in [2.05, 4.69) is 25.5 Å². The number of benzene rings is 2. The summed E-state index contributed by atoms with van der Waals surface area (Å²) in [4.78, 5) is 19.8. The van der Waals surface area contributed by atoms with Gasteiger partial charge < -0.3 is 10.3 Å². The Bertz CT molecular complexity index is 1180. The van der Waals surface area contributed by atoms with Crippen LogP contribution in [0, 0.1) is 18.6 Å². The van der Waals surface area contributed by atoms with Gasteiger partial charge in [0.25, 0.3) is 0 Å². The van der Waals surface area contributed by atoms with Gasteiger partial charge in [-0.2, -0.15) is 5.10 Å². The van der Waals surface area contributed by atoms with Crippen LogP contribution < -0.4 is 5.32 Å². The van der Waals surface area contributed by atoms with Gasteiger partial charge in [-0.1, -0.05) is 0 Å². The van der Waals surface area contributed by atoms with Crippen molar-refractivity contribution >= 4 is 16.8 Å². The number of hydrogen-bond donors (Lipinski definition) is 3. The van der Waals surface area contributed by atoms with E-state index < -0.39 is 0 Å². The topological polar surface area (TPSA) is 86.5 Å². The van der Waals surface area contributed by atoms with Gasteiger partial charge in [0.2, 0.25) is 5.91 Å². The maximum absolute atomic E-state index is 13.9. The molecule has 30 heavy (non-hydrogen) atoms. The molecule has 2 aromatic heterocycles. The van der Waals surface area contributed by atoms with Gasteiger partial charge in [0.1, 0.15) is 17.5 Å². The molecule has 0 radical (unpaired) electrons. The molecule has 0 saturated carbocycles. The van der Waals surface area contributed by atoms with Crippen molar-refractivity contribution in [3.8, 4) is 11.3 Å². The van der Waals surface area contributed by atoms with Crippen molar-refractivity contribution < 1.29 is 13.6 Å². The average molecular weight is 409 g/mol. The number of hydrogen-bond acceptors (Lipinski definition) is 3. The lowest BCUT2D eigenvalue weighted by molar-refractivity contribution is -0.121. The molecule has 4 rings (SSSR count). The quantitative estimate of drug-likeness (QED) is 0.434. The second-order valence-electron chi connectivity index (χ2n) is 7.11. The first kappa shape index (κ1) is 19.8. The van der Waals surface area contributed by atoms with Crippen LogP contribution in [0.4, 0.5) is 8.78 Å². The first-order valence-corrected chi connectivity index (χ1v) is 9.70. The van der Waals surface area contributed by atoms with Crippen molar-refractivity contribution in [1.82, 2.24) is 25.5 Å². The fraction of sp³-hybridized carbons (Fsp3) is 0.227. The number of rotatable bonds is 7. The Morgan fingerprint density at radius 1 is 1.07 bits per heavy atom. The molecule has 2 heterocycles. The van der Waals surface area contributed by atoms with E-state index in [1.54, 1.807) is 18.2 Å². The average Bonchev–Trinajstić information content (AvgIpc) is 3.30. The van der Waals surface area contributed by atoms with Crippen LogP contribution in [0.25, 0.3) is 22.2 Å². The molecular weight excluding hydrogens is 388 g/mol. The maximum atomic E-state index is 13.9. The van der Waals surface area contributed by atoms with Crippen molar-refractivity contribution in [2.24, 2.45) is 0 Å². The minimum atomic E-state index is -0.348. The van der Waals surface area contributed by atoms with E-state index in [1.165, 1.54) is 24.3 Å². The Morgan fingerprint density at radius 2 is 1.83 bits per heavy atom. The molecule has 8 heteroatoms. The predicted octanol–water partition coefficient (Wildman–Crippen LogP) is 3.83. The van der Waals surface area contributed by atoms with Crippen molar-refractivity contribution in [3.63, 3.8) is 0 Å². The number of halogens is 2. The molecule has 1 amide bonds. The molecule has 3 N–H and O–H groups in total. The van der Waals surface area contributed by atoms with Crippen LogP contribution in [-0.2, 0) is 17.6 Å². The van der Waals surface area contributed by atoms with Crippen molar-refractivity contribution in [2.45, 2.75) is 26.2 Å². The second kappa shape index (κ2) is 8.44. The lowest BCUT2D eigenvalue weighted by Gasteiger charge is -2.07. The summed E-state index contributed by atoms with van der Waals surface area (Å²) in [5, 5.41) is 10.4. The smallest absolute Gasteiger partial charge is 0.220 e. The summed E-state index contributed by atoms with van der Waals surface area (Å²) in [7, 11) is 0. The highest BCUT2D eigenvalue weighted by atomic mass is 19.1. The van der Waals surface area contributed by atoms with Crippen molar-refractivity contribution in [1.29, 1.82) is 0 Å². The standard InChI is InChI=1S/C22H21F2N5O/c1-13-26-20(29-28-13)10-11-25-21(30)9-7-17-18-12-16(24)6-8-19(18)27-22(17)14-2-4-15(23)5-3-14/h2-6,8,12,27H,7,9-11H2,1H3,(H,25,30)(H,26,28,29). The Balaban J connectivity index is 1.49. The van der Waals surface area contributed by atoms with Crippen LogP contribution in [0.5, 0.6) is 0 Å². The van der Waals surface area contributed by atoms with Gasteiger partial charge in [-0.3, -0.25) is 9.89 Å². The maximum Gasteiger partial charge on any atom is 0.220 e. The molecule has 0 unspecified atom stereocenters. The van der Waals surface area contributed by atoms with E-state index in [0.29, 0.717) is 25.2 Å². The summed E-state index contributed by atoms with van der Waals surface area (Å²) in [5.74, 6) is 0.593. The normalized spacial score (nSPS) is 11.2. The van der Waals surface area contributed by atoms with Gasteiger partial charge in [0.05, 0.1) is 0 Å². The van der Waals surface area contributed by atoms with Crippen LogP contribution >= 0.6 is 0 Å². The van der Waals surface area contributed by atoms with Crippen LogP contribution in [0.1, 0.15) is 23.6 Å². The first-order chi connectivity index (χ1) is 14.5. The molecule has 0 atom stereocenters. The van der Waals surface area contributed by atoms with Crippen molar-refractivity contribution in [3.05, 3.63) is 71.3 Å². The number of aryl methyl sites for hydroxylation is 2. The van der Waals surface area contributed by atoms with Crippen LogP contribution in [0.2, 0.25) is 0 Å². The summed E-state index contributed by atoms with van der Waals surface area (Å²) >= 11 is 0. The van der Waals surface area contributed by atoms with E-state index in [9.17, 15) is 13.6 Å². The fourth-order valence-electron chi connectivity index (χ4n) is 3.48. The molecule has 0 fully saturated rings. The monoisotopic (exact) mass is 409 g/mol. The number of aromatic nitrogens is 4. The molecule has 0 aliphatic carbocycles. The molecule has 0 bridgehead atoms. The lowest BCUT2D eigenvalue weighted by atomic mass is 10.0. The number of aromatic amines is 2. The van der Waals surface area contributed by atoms with Gasteiger partial charge in [-0.15, -0.1) is 0 Å². The molecule has 0 saturated heterocycles. The zero-order valence-corrected chi connectivity index (χ0v) is 16.4. The summed E-state index contributed by atoms with van der Waals surface area (Å²) < 4.78 is 27.2. The Kier molecular flexibility index (Phi) is 5.56. The van der Waals surface area contributed by atoms with E-state index in [4.69, 9.17) is 0 Å². The van der Waals surface area contributed by atoms with Gasteiger partial charge in [0.15, 0.2) is 5.82 Å². The third-order valence-electron chi connectivity index (χ3n) is 4.92. The molecular formula is C22H21F2N5O. The lowest BCUT2D eigenvalue weighted by Crippen LogP contribution is -2.26. The highest BCUT2D eigenvalue weighted by Gasteiger charge is 2.15. The van der Waals surface area contributed by atoms with Gasteiger partial charge in [-0.25, -0.2) is 13.8 Å². The minimum absolute atomic E-state index is 0.113. The van der Waals surface area contributed by atoms with Gasteiger partial charge in [-0.05, 0) is 66.9 Å². The molecule has 0 aliphatic heterocycles. The van der Waals surface area contributed by atoms with Crippen molar-refractivity contribution in [2.75, 3.05) is 6.54 Å². The zero-order valence-electron chi connectivity index (χ0n) is 16.4. The summed E-state index contributed by atoms with van der Waals surface area (Å²) in [6.07, 6.45) is 1.20. The number of H-pyrrole nitrogens is 2. The van der Waals surface area contributed by atoms with Crippen LogP contribution in [-0.4, -0.2) is 32.6 Å². The molecule has 154 valence electrons. The third kappa shape index (κ3) is 4.37. The minimum Gasteiger partial charge on any atom is -0.356 e. The Labute approximate surface area is 171 Å². The zero-order chi connectivity index (χ0) is 21.1. The summed E-state index contributed by atoms with van der Waals surface area (Å²) in [6.45, 7) is 2.25. The molecule has 2 aromatic carbocycles. The van der Waals surface area contributed by atoms with E-state index >= 15 is 0 Å². The number of nitrogens with one attached hydrogen (secondary N) is 3. The number of carbonyl (C=O) groups excluding carboxylic acids is 1. The Morgan fingerprint density at radius 3 is 2.57 bits per heavy atom. The Hall–Kier alpha value is -3.55. The van der Waals surface area contributed by atoms with E-state index in [0.717, 1.165) is 33.5 Å². The first-order valence-electron chi connectivity index (χ1n) is 9.70.